The smallest absolute Gasteiger partial charge is 0.410 e. The van der Waals surface area contributed by atoms with E-state index < -0.39 is 23.1 Å². The Balaban J connectivity index is 1.52. The Kier molecular flexibility index (Phi) is 6.68. The highest BCUT2D eigenvalue weighted by Gasteiger charge is 2.29. The van der Waals surface area contributed by atoms with Crippen LogP contribution in [0.3, 0.4) is 0 Å². The molecule has 1 N–H and O–H groups in total. The number of ether oxygens (including phenoxy) is 1. The number of carbonyl (C=O) groups excluding carboxylic acids is 2. The van der Waals surface area contributed by atoms with Gasteiger partial charge in [-0.15, -0.1) is 5.10 Å². The summed E-state index contributed by atoms with van der Waals surface area (Å²) in [7, 11) is 0. The van der Waals surface area contributed by atoms with Crippen molar-refractivity contribution in [2.24, 2.45) is 0 Å². The standard InChI is InChI=1S/C24H28F2N6O3/c1-5-27-22(33)16-7-6-15(20(25)21(16)26)17-12-18-19(13-28-17)32(30-29-18)14-8-10-31(11-9-14)23(34)35-24(2,3)4/h6-7,12-14H,5,8-11H2,1-4H3,(H,27,33). The lowest BCUT2D eigenvalue weighted by atomic mass is 10.0. The van der Waals surface area contributed by atoms with Gasteiger partial charge in [-0.2, -0.15) is 0 Å². The van der Waals surface area contributed by atoms with E-state index in [2.05, 4.69) is 20.6 Å². The Morgan fingerprint density at radius 1 is 1.17 bits per heavy atom. The van der Waals surface area contributed by atoms with Crippen LogP contribution in [0.2, 0.25) is 0 Å². The van der Waals surface area contributed by atoms with Crippen LogP contribution in [0.4, 0.5) is 13.6 Å². The fourth-order valence-electron chi connectivity index (χ4n) is 4.05. The minimum absolute atomic E-state index is 0.0110. The number of pyridine rings is 1. The van der Waals surface area contributed by atoms with Crippen molar-refractivity contribution in [2.45, 2.75) is 52.2 Å². The normalized spacial score (nSPS) is 14.9. The number of halogens is 2. The van der Waals surface area contributed by atoms with Crippen LogP contribution < -0.4 is 5.32 Å². The van der Waals surface area contributed by atoms with Gasteiger partial charge in [-0.1, -0.05) is 5.21 Å². The molecule has 0 spiro atoms. The Labute approximate surface area is 201 Å². The van der Waals surface area contributed by atoms with Crippen LogP contribution in [0.15, 0.2) is 24.4 Å². The van der Waals surface area contributed by atoms with Gasteiger partial charge in [0, 0.05) is 25.2 Å². The molecule has 0 radical (unpaired) electrons. The molecule has 1 fully saturated rings. The number of nitrogens with one attached hydrogen (secondary N) is 1. The lowest BCUT2D eigenvalue weighted by molar-refractivity contribution is 0.0185. The molecule has 35 heavy (non-hydrogen) atoms. The van der Waals surface area contributed by atoms with E-state index >= 15 is 0 Å². The van der Waals surface area contributed by atoms with E-state index in [0.29, 0.717) is 43.5 Å². The topological polar surface area (TPSA) is 102 Å². The predicted octanol–water partition coefficient (Wildman–Crippen LogP) is 4.09. The first-order valence-electron chi connectivity index (χ1n) is 11.5. The van der Waals surface area contributed by atoms with Crippen LogP contribution in [-0.2, 0) is 4.74 Å². The SMILES string of the molecule is CCNC(=O)c1ccc(-c2cc3nnn(C4CCN(C(=O)OC(C)(C)C)CC4)c3cn2)c(F)c1F. The molecule has 1 aliphatic rings. The van der Waals surface area contributed by atoms with Crippen LogP contribution in [0, 0.1) is 11.6 Å². The molecule has 2 amide bonds. The second kappa shape index (κ2) is 9.55. The predicted molar refractivity (Wildman–Crippen MR) is 125 cm³/mol. The first-order chi connectivity index (χ1) is 16.6. The van der Waals surface area contributed by atoms with E-state index in [1.807, 2.05) is 20.8 Å². The summed E-state index contributed by atoms with van der Waals surface area (Å²) in [6.45, 7) is 8.53. The summed E-state index contributed by atoms with van der Waals surface area (Å²) in [4.78, 5) is 30.2. The van der Waals surface area contributed by atoms with Crippen LogP contribution in [0.5, 0.6) is 0 Å². The van der Waals surface area contributed by atoms with Crippen molar-refractivity contribution in [1.82, 2.24) is 30.2 Å². The van der Waals surface area contributed by atoms with E-state index in [1.165, 1.54) is 24.4 Å². The number of likely N-dealkylation sites (tertiary alicyclic amines) is 1. The van der Waals surface area contributed by atoms with Gasteiger partial charge in [-0.05, 0) is 58.7 Å². The number of carbonyl (C=O) groups is 2. The lowest BCUT2D eigenvalue weighted by Gasteiger charge is -2.33. The lowest BCUT2D eigenvalue weighted by Crippen LogP contribution is -2.42. The average Bonchev–Trinajstić information content (AvgIpc) is 3.23. The number of piperidine rings is 1. The number of hydrogen-bond acceptors (Lipinski definition) is 6. The van der Waals surface area contributed by atoms with Crippen molar-refractivity contribution in [3.8, 4) is 11.3 Å². The summed E-state index contributed by atoms with van der Waals surface area (Å²) in [5.41, 5.74) is 0.337. The van der Waals surface area contributed by atoms with Gasteiger partial charge in [0.1, 0.15) is 16.6 Å². The average molecular weight is 487 g/mol. The minimum atomic E-state index is -1.23. The molecule has 2 aromatic heterocycles. The van der Waals surface area contributed by atoms with Gasteiger partial charge in [-0.25, -0.2) is 18.3 Å². The third-order valence-electron chi connectivity index (χ3n) is 5.76. The van der Waals surface area contributed by atoms with Crippen LogP contribution in [0.1, 0.15) is 56.9 Å². The molecule has 0 aliphatic carbocycles. The van der Waals surface area contributed by atoms with E-state index in [1.54, 1.807) is 16.5 Å². The molecular weight excluding hydrogens is 458 g/mol. The highest BCUT2D eigenvalue weighted by molar-refractivity contribution is 5.95. The Bertz CT molecular complexity index is 1260. The molecule has 1 aliphatic heterocycles. The maximum Gasteiger partial charge on any atom is 0.410 e. The summed E-state index contributed by atoms with van der Waals surface area (Å²) >= 11 is 0. The Morgan fingerprint density at radius 2 is 1.89 bits per heavy atom. The second-order valence-electron chi connectivity index (χ2n) is 9.44. The van der Waals surface area contributed by atoms with Gasteiger partial charge in [0.05, 0.1) is 23.5 Å². The fraction of sp³-hybridized carbons (Fsp3) is 0.458. The number of aromatic nitrogens is 4. The molecule has 0 unspecified atom stereocenters. The van der Waals surface area contributed by atoms with Crippen LogP contribution >= 0.6 is 0 Å². The maximum absolute atomic E-state index is 14.8. The first-order valence-corrected chi connectivity index (χ1v) is 11.5. The largest absolute Gasteiger partial charge is 0.444 e. The van der Waals surface area contributed by atoms with Crippen molar-refractivity contribution in [2.75, 3.05) is 19.6 Å². The number of nitrogens with zero attached hydrogens (tertiary/aromatic N) is 5. The molecule has 4 rings (SSSR count). The zero-order valence-corrected chi connectivity index (χ0v) is 20.1. The molecular formula is C24H28F2N6O3. The summed E-state index contributed by atoms with van der Waals surface area (Å²) in [6, 6.07) is 4.11. The summed E-state index contributed by atoms with van der Waals surface area (Å²) in [6.07, 6.45) is 2.53. The number of rotatable bonds is 4. The van der Waals surface area contributed by atoms with Crippen LogP contribution in [-0.4, -0.2) is 62.1 Å². The molecule has 3 aromatic rings. The van der Waals surface area contributed by atoms with Crippen molar-refractivity contribution in [3.63, 3.8) is 0 Å². The zero-order chi connectivity index (χ0) is 25.3. The van der Waals surface area contributed by atoms with Gasteiger partial charge in [0.25, 0.3) is 5.91 Å². The Hall–Kier alpha value is -3.63. The number of amides is 2. The van der Waals surface area contributed by atoms with Crippen molar-refractivity contribution >= 4 is 23.0 Å². The maximum atomic E-state index is 14.8. The summed E-state index contributed by atoms with van der Waals surface area (Å²) < 4.78 is 36.5. The summed E-state index contributed by atoms with van der Waals surface area (Å²) in [5, 5.41) is 10.9. The number of fused-ring (bicyclic) bond motifs is 1. The molecule has 1 aromatic carbocycles. The molecule has 186 valence electrons. The third kappa shape index (κ3) is 5.08. The van der Waals surface area contributed by atoms with Gasteiger partial charge in [0.15, 0.2) is 11.6 Å². The van der Waals surface area contributed by atoms with Crippen molar-refractivity contribution in [1.29, 1.82) is 0 Å². The van der Waals surface area contributed by atoms with Crippen molar-refractivity contribution in [3.05, 3.63) is 41.6 Å². The quantitative estimate of drug-likeness (QED) is 0.596. The van der Waals surface area contributed by atoms with Gasteiger partial charge >= 0.3 is 6.09 Å². The van der Waals surface area contributed by atoms with Gasteiger partial charge in [0.2, 0.25) is 0 Å². The van der Waals surface area contributed by atoms with Crippen molar-refractivity contribution < 1.29 is 23.1 Å². The number of benzene rings is 1. The van der Waals surface area contributed by atoms with E-state index in [9.17, 15) is 18.4 Å². The molecule has 0 atom stereocenters. The minimum Gasteiger partial charge on any atom is -0.444 e. The van der Waals surface area contributed by atoms with E-state index in [-0.39, 0.29) is 29.0 Å². The molecule has 0 bridgehead atoms. The van der Waals surface area contributed by atoms with Crippen LogP contribution in [0.25, 0.3) is 22.3 Å². The molecule has 3 heterocycles. The highest BCUT2D eigenvalue weighted by Crippen LogP contribution is 2.30. The number of hydrogen-bond donors (Lipinski definition) is 1. The van der Waals surface area contributed by atoms with E-state index in [0.717, 1.165) is 0 Å². The summed E-state index contributed by atoms with van der Waals surface area (Å²) in [5.74, 6) is -3.06. The van der Waals surface area contributed by atoms with E-state index in [4.69, 9.17) is 4.74 Å². The third-order valence-corrected chi connectivity index (χ3v) is 5.76. The first kappa shape index (κ1) is 24.5. The monoisotopic (exact) mass is 486 g/mol. The fourth-order valence-corrected chi connectivity index (χ4v) is 4.05. The van der Waals surface area contributed by atoms with Gasteiger partial charge < -0.3 is 15.0 Å². The molecule has 1 saturated heterocycles. The highest BCUT2D eigenvalue weighted by atomic mass is 19.2. The molecule has 9 nitrogen and oxygen atoms in total. The zero-order valence-electron chi connectivity index (χ0n) is 20.1. The van der Waals surface area contributed by atoms with Gasteiger partial charge in [-0.3, -0.25) is 9.78 Å². The molecule has 0 saturated carbocycles. The second-order valence-corrected chi connectivity index (χ2v) is 9.44. The molecule has 11 heteroatoms. The Morgan fingerprint density at radius 3 is 2.54 bits per heavy atom.